The second-order valence-corrected chi connectivity index (χ2v) is 5.08. The van der Waals surface area contributed by atoms with E-state index in [1.165, 1.54) is 12.1 Å². The molecule has 3 rings (SSSR count). The normalized spacial score (nSPS) is 10.6. The maximum Gasteiger partial charge on any atom is 0.258 e. The van der Waals surface area contributed by atoms with E-state index >= 15 is 0 Å². The van der Waals surface area contributed by atoms with Gasteiger partial charge >= 0.3 is 0 Å². The van der Waals surface area contributed by atoms with Crippen molar-refractivity contribution >= 4 is 34.0 Å². The molecule has 0 heterocycles. The number of carbonyl (C=O) groups is 1. The molecule has 0 aliphatic heterocycles. The fourth-order valence-corrected chi connectivity index (χ4v) is 2.30. The number of halogens is 2. The summed E-state index contributed by atoms with van der Waals surface area (Å²) in [4.78, 5) is 12.1. The average Bonchev–Trinajstić information content (AvgIpc) is 2.47. The third kappa shape index (κ3) is 2.88. The summed E-state index contributed by atoms with van der Waals surface area (Å²) in [7, 11) is 0. The molecule has 4 heteroatoms. The molecule has 3 aromatic rings. The van der Waals surface area contributed by atoms with Crippen LogP contribution in [-0.4, -0.2) is 5.91 Å². The van der Waals surface area contributed by atoms with Crippen LogP contribution < -0.4 is 5.32 Å². The lowest BCUT2D eigenvalue weighted by Gasteiger charge is -2.07. The number of fused-ring (bicyclic) bond motifs is 1. The van der Waals surface area contributed by atoms with Gasteiger partial charge in [-0.2, -0.15) is 0 Å². The Kier molecular flexibility index (Phi) is 3.59. The topological polar surface area (TPSA) is 29.1 Å². The zero-order valence-electron chi connectivity index (χ0n) is 10.9. The Morgan fingerprint density at radius 1 is 0.952 bits per heavy atom. The Bertz CT molecular complexity index is 832. The molecule has 1 N–H and O–H groups in total. The number of carbonyl (C=O) groups excluding carboxylic acids is 1. The molecule has 0 saturated heterocycles. The van der Waals surface area contributed by atoms with Crippen LogP contribution in [-0.2, 0) is 0 Å². The molecule has 0 bridgehead atoms. The van der Waals surface area contributed by atoms with Gasteiger partial charge < -0.3 is 5.32 Å². The molecule has 0 saturated carbocycles. The van der Waals surface area contributed by atoms with Crippen LogP contribution in [0, 0.1) is 5.82 Å². The van der Waals surface area contributed by atoms with Crippen LogP contribution in [0.4, 0.5) is 10.1 Å². The van der Waals surface area contributed by atoms with Crippen molar-refractivity contribution in [2.24, 2.45) is 0 Å². The van der Waals surface area contributed by atoms with Crippen molar-refractivity contribution in [3.63, 3.8) is 0 Å². The van der Waals surface area contributed by atoms with Crippen molar-refractivity contribution in [3.05, 3.63) is 77.1 Å². The molecule has 0 fully saturated rings. The quantitative estimate of drug-likeness (QED) is 0.717. The number of hydrogen-bond donors (Lipinski definition) is 1. The van der Waals surface area contributed by atoms with Gasteiger partial charge in [0.05, 0.1) is 5.56 Å². The molecule has 3 aromatic carbocycles. The third-order valence-corrected chi connectivity index (χ3v) is 3.42. The SMILES string of the molecule is O=C(Nc1ccc2ccccc2c1)c1ccc(Cl)cc1F. The number of amides is 1. The molecule has 0 spiro atoms. The highest BCUT2D eigenvalue weighted by molar-refractivity contribution is 6.30. The van der Waals surface area contributed by atoms with Crippen LogP contribution in [0.1, 0.15) is 10.4 Å². The van der Waals surface area contributed by atoms with Gasteiger partial charge in [-0.3, -0.25) is 4.79 Å². The summed E-state index contributed by atoms with van der Waals surface area (Å²) < 4.78 is 13.7. The number of nitrogens with one attached hydrogen (secondary N) is 1. The Balaban J connectivity index is 1.89. The maximum atomic E-state index is 13.7. The predicted molar refractivity (Wildman–Crippen MR) is 83.3 cm³/mol. The highest BCUT2D eigenvalue weighted by Crippen LogP contribution is 2.20. The zero-order valence-corrected chi connectivity index (χ0v) is 11.7. The highest BCUT2D eigenvalue weighted by atomic mass is 35.5. The lowest BCUT2D eigenvalue weighted by atomic mass is 10.1. The van der Waals surface area contributed by atoms with Crippen LogP contribution in [0.2, 0.25) is 5.02 Å². The minimum Gasteiger partial charge on any atom is -0.322 e. The van der Waals surface area contributed by atoms with Gasteiger partial charge in [0.1, 0.15) is 5.82 Å². The van der Waals surface area contributed by atoms with Crippen molar-refractivity contribution in [1.29, 1.82) is 0 Å². The summed E-state index contributed by atoms with van der Waals surface area (Å²) >= 11 is 5.68. The summed E-state index contributed by atoms with van der Waals surface area (Å²) in [5, 5.41) is 5.03. The lowest BCUT2D eigenvalue weighted by Crippen LogP contribution is -2.13. The van der Waals surface area contributed by atoms with E-state index in [2.05, 4.69) is 5.32 Å². The molecule has 0 aromatic heterocycles. The van der Waals surface area contributed by atoms with Gasteiger partial charge in [-0.15, -0.1) is 0 Å². The number of anilines is 1. The Morgan fingerprint density at radius 2 is 1.71 bits per heavy atom. The molecular weight excluding hydrogens is 289 g/mol. The number of hydrogen-bond acceptors (Lipinski definition) is 1. The molecule has 1 amide bonds. The van der Waals surface area contributed by atoms with Crippen LogP contribution in [0.25, 0.3) is 10.8 Å². The van der Waals surface area contributed by atoms with Crippen molar-refractivity contribution in [1.82, 2.24) is 0 Å². The van der Waals surface area contributed by atoms with Gasteiger partial charge in [-0.1, -0.05) is 41.9 Å². The van der Waals surface area contributed by atoms with E-state index in [0.717, 1.165) is 16.8 Å². The van der Waals surface area contributed by atoms with E-state index in [-0.39, 0.29) is 10.6 Å². The van der Waals surface area contributed by atoms with Crippen LogP contribution >= 0.6 is 11.6 Å². The third-order valence-electron chi connectivity index (χ3n) is 3.18. The van der Waals surface area contributed by atoms with Gasteiger partial charge in [0.25, 0.3) is 5.91 Å². The summed E-state index contributed by atoms with van der Waals surface area (Å²) in [5.41, 5.74) is 0.584. The Hall–Kier alpha value is -2.39. The van der Waals surface area contributed by atoms with Gasteiger partial charge in [-0.05, 0) is 41.1 Å². The van der Waals surface area contributed by atoms with E-state index in [1.807, 2.05) is 36.4 Å². The first kappa shape index (κ1) is 13.6. The minimum absolute atomic E-state index is 0.0347. The van der Waals surface area contributed by atoms with Crippen LogP contribution in [0.15, 0.2) is 60.7 Å². The lowest BCUT2D eigenvalue weighted by molar-refractivity contribution is 0.102. The van der Waals surface area contributed by atoms with Gasteiger partial charge in [0, 0.05) is 10.7 Å². The molecule has 0 unspecified atom stereocenters. The van der Waals surface area contributed by atoms with E-state index < -0.39 is 11.7 Å². The maximum absolute atomic E-state index is 13.7. The predicted octanol–water partition coefficient (Wildman–Crippen LogP) is 4.88. The van der Waals surface area contributed by atoms with Gasteiger partial charge in [-0.25, -0.2) is 4.39 Å². The molecule has 2 nitrogen and oxygen atoms in total. The number of benzene rings is 3. The first-order valence-electron chi connectivity index (χ1n) is 6.39. The fraction of sp³-hybridized carbons (Fsp3) is 0. The van der Waals surface area contributed by atoms with E-state index in [4.69, 9.17) is 11.6 Å². The van der Waals surface area contributed by atoms with Crippen molar-refractivity contribution < 1.29 is 9.18 Å². The smallest absolute Gasteiger partial charge is 0.258 e. The summed E-state index contributed by atoms with van der Waals surface area (Å²) in [5.74, 6) is -1.14. The summed E-state index contributed by atoms with van der Waals surface area (Å²) in [6.45, 7) is 0. The Labute approximate surface area is 126 Å². The van der Waals surface area contributed by atoms with E-state index in [1.54, 1.807) is 6.07 Å². The fourth-order valence-electron chi connectivity index (χ4n) is 2.14. The molecule has 0 atom stereocenters. The molecule has 0 aliphatic carbocycles. The van der Waals surface area contributed by atoms with Gasteiger partial charge in [0.2, 0.25) is 0 Å². The van der Waals surface area contributed by atoms with Crippen LogP contribution in [0.3, 0.4) is 0 Å². The number of rotatable bonds is 2. The summed E-state index contributed by atoms with van der Waals surface area (Å²) in [6, 6.07) is 17.3. The first-order chi connectivity index (χ1) is 10.1. The highest BCUT2D eigenvalue weighted by Gasteiger charge is 2.12. The van der Waals surface area contributed by atoms with E-state index in [9.17, 15) is 9.18 Å². The molecular formula is C17H11ClFNO. The second kappa shape index (κ2) is 5.54. The first-order valence-corrected chi connectivity index (χ1v) is 6.76. The molecule has 0 radical (unpaired) electrons. The van der Waals surface area contributed by atoms with Gasteiger partial charge in [0.15, 0.2) is 0 Å². The van der Waals surface area contributed by atoms with Crippen molar-refractivity contribution in [2.45, 2.75) is 0 Å². The Morgan fingerprint density at radius 3 is 2.48 bits per heavy atom. The van der Waals surface area contributed by atoms with Crippen molar-refractivity contribution in [3.8, 4) is 0 Å². The largest absolute Gasteiger partial charge is 0.322 e. The minimum atomic E-state index is -0.638. The van der Waals surface area contributed by atoms with E-state index in [0.29, 0.717) is 5.69 Å². The zero-order chi connectivity index (χ0) is 14.8. The molecule has 104 valence electrons. The monoisotopic (exact) mass is 299 g/mol. The van der Waals surface area contributed by atoms with Crippen molar-refractivity contribution in [2.75, 3.05) is 5.32 Å². The molecule has 21 heavy (non-hydrogen) atoms. The van der Waals surface area contributed by atoms with Crippen LogP contribution in [0.5, 0.6) is 0 Å². The second-order valence-electron chi connectivity index (χ2n) is 4.64. The average molecular weight is 300 g/mol. The summed E-state index contributed by atoms with van der Waals surface area (Å²) in [6.07, 6.45) is 0. The molecule has 0 aliphatic rings. The standard InChI is InChI=1S/C17H11ClFNO/c18-13-6-8-15(16(19)10-13)17(21)20-14-7-5-11-3-1-2-4-12(11)9-14/h1-10H,(H,20,21).